The average molecular weight is 293 g/mol. The maximum absolute atomic E-state index is 12.3. The molecule has 0 bridgehead atoms. The predicted octanol–water partition coefficient (Wildman–Crippen LogP) is 1.34. The van der Waals surface area contributed by atoms with Gasteiger partial charge < -0.3 is 20.3 Å². The number of hydrogen-bond acceptors (Lipinski definition) is 3. The summed E-state index contributed by atoms with van der Waals surface area (Å²) in [7, 11) is 0. The van der Waals surface area contributed by atoms with Crippen molar-refractivity contribution in [1.82, 2.24) is 15.5 Å². The Bertz CT molecular complexity index is 379. The zero-order valence-corrected chi connectivity index (χ0v) is 12.7. The van der Waals surface area contributed by atoms with E-state index in [-0.39, 0.29) is 6.03 Å². The summed E-state index contributed by atoms with van der Waals surface area (Å²) in [5.74, 6) is 1.38. The van der Waals surface area contributed by atoms with Gasteiger partial charge in [0.1, 0.15) is 0 Å². The third kappa shape index (κ3) is 2.90. The van der Waals surface area contributed by atoms with Crippen LogP contribution in [0.5, 0.6) is 0 Å². The average Bonchev–Trinajstić information content (AvgIpc) is 2.96. The van der Waals surface area contributed by atoms with Crippen molar-refractivity contribution in [3.63, 3.8) is 0 Å². The summed E-state index contributed by atoms with van der Waals surface area (Å²) in [6, 6.07) is 0.583. The van der Waals surface area contributed by atoms with Gasteiger partial charge in [-0.25, -0.2) is 4.79 Å². The largest absolute Gasteiger partial charge is 0.375 e. The number of hydrogen-bond donors (Lipinski definition) is 2. The number of amides is 2. The highest BCUT2D eigenvalue weighted by Crippen LogP contribution is 2.41. The molecule has 4 fully saturated rings. The second-order valence-electron chi connectivity index (χ2n) is 7.19. The number of fused-ring (bicyclic) bond motifs is 1. The minimum atomic E-state index is 0.147. The zero-order valence-electron chi connectivity index (χ0n) is 12.7. The second kappa shape index (κ2) is 5.76. The summed E-state index contributed by atoms with van der Waals surface area (Å²) in [6.45, 7) is 3.85. The number of nitrogens with zero attached hydrogens (tertiary/aromatic N) is 1. The van der Waals surface area contributed by atoms with Gasteiger partial charge >= 0.3 is 6.03 Å². The van der Waals surface area contributed by atoms with Crippen LogP contribution in [0.25, 0.3) is 0 Å². The van der Waals surface area contributed by atoms with Crippen molar-refractivity contribution < 1.29 is 9.53 Å². The summed E-state index contributed by atoms with van der Waals surface area (Å²) < 4.78 is 6.17. The lowest BCUT2D eigenvalue weighted by Crippen LogP contribution is -2.48. The van der Waals surface area contributed by atoms with Gasteiger partial charge in [-0.2, -0.15) is 0 Å². The number of nitrogens with one attached hydrogen (secondary N) is 2. The van der Waals surface area contributed by atoms with E-state index in [1.54, 1.807) is 0 Å². The first-order valence-corrected chi connectivity index (χ1v) is 8.73. The Balaban J connectivity index is 1.19. The van der Waals surface area contributed by atoms with Gasteiger partial charge in [-0.3, -0.25) is 0 Å². The van der Waals surface area contributed by atoms with Crippen LogP contribution in [0.1, 0.15) is 38.5 Å². The highest BCUT2D eigenvalue weighted by atomic mass is 16.5. The Kier molecular flexibility index (Phi) is 3.79. The molecule has 0 aromatic heterocycles. The fourth-order valence-corrected chi connectivity index (χ4v) is 4.36. The molecule has 118 valence electrons. The first-order chi connectivity index (χ1) is 10.3. The fourth-order valence-electron chi connectivity index (χ4n) is 4.36. The molecule has 2 amide bonds. The van der Waals surface area contributed by atoms with Crippen LogP contribution in [-0.2, 0) is 4.74 Å². The molecule has 2 heterocycles. The molecule has 2 N–H and O–H groups in total. The lowest BCUT2D eigenvalue weighted by Gasteiger charge is -2.33. The Labute approximate surface area is 126 Å². The van der Waals surface area contributed by atoms with Gasteiger partial charge in [0.25, 0.3) is 0 Å². The number of ether oxygens (including phenoxy) is 1. The van der Waals surface area contributed by atoms with Crippen molar-refractivity contribution in [2.75, 3.05) is 26.2 Å². The number of carbonyl (C=O) groups is 1. The van der Waals surface area contributed by atoms with Gasteiger partial charge in [-0.1, -0.05) is 12.8 Å². The van der Waals surface area contributed by atoms with Crippen LogP contribution in [0.4, 0.5) is 4.79 Å². The third-order valence-corrected chi connectivity index (χ3v) is 5.80. The summed E-state index contributed by atoms with van der Waals surface area (Å²) in [4.78, 5) is 14.3. The molecule has 2 aliphatic heterocycles. The minimum Gasteiger partial charge on any atom is -0.375 e. The zero-order chi connectivity index (χ0) is 14.2. The number of likely N-dealkylation sites (tertiary alicyclic amines) is 1. The van der Waals surface area contributed by atoms with Gasteiger partial charge in [0, 0.05) is 32.2 Å². The van der Waals surface area contributed by atoms with Crippen LogP contribution < -0.4 is 10.6 Å². The van der Waals surface area contributed by atoms with E-state index >= 15 is 0 Å². The molecule has 2 saturated carbocycles. The van der Waals surface area contributed by atoms with E-state index in [4.69, 9.17) is 4.74 Å². The number of carbonyl (C=O) groups excluding carboxylic acids is 1. The maximum Gasteiger partial charge on any atom is 0.317 e. The minimum absolute atomic E-state index is 0.147. The van der Waals surface area contributed by atoms with Gasteiger partial charge in [0.15, 0.2) is 0 Å². The van der Waals surface area contributed by atoms with Gasteiger partial charge in [-0.15, -0.1) is 0 Å². The van der Waals surface area contributed by atoms with Crippen LogP contribution in [0.15, 0.2) is 0 Å². The molecule has 0 spiro atoms. The van der Waals surface area contributed by atoms with Gasteiger partial charge in [0.05, 0.1) is 12.2 Å². The fraction of sp³-hybridized carbons (Fsp3) is 0.938. The quantitative estimate of drug-likeness (QED) is 0.825. The third-order valence-electron chi connectivity index (χ3n) is 5.80. The van der Waals surface area contributed by atoms with Crippen molar-refractivity contribution in [2.24, 2.45) is 11.8 Å². The molecule has 0 aromatic carbocycles. The van der Waals surface area contributed by atoms with E-state index < -0.39 is 0 Å². The van der Waals surface area contributed by atoms with E-state index in [1.807, 2.05) is 4.90 Å². The van der Waals surface area contributed by atoms with Crippen LogP contribution in [0.3, 0.4) is 0 Å². The number of rotatable bonds is 3. The normalized spacial score (nSPS) is 36.8. The van der Waals surface area contributed by atoms with E-state index in [2.05, 4.69) is 10.6 Å². The second-order valence-corrected chi connectivity index (χ2v) is 7.19. The van der Waals surface area contributed by atoms with Gasteiger partial charge in [-0.05, 0) is 37.5 Å². The van der Waals surface area contributed by atoms with Crippen LogP contribution >= 0.6 is 0 Å². The Morgan fingerprint density at radius 1 is 1.00 bits per heavy atom. The molecule has 4 aliphatic rings. The van der Waals surface area contributed by atoms with E-state index in [0.717, 1.165) is 39.0 Å². The summed E-state index contributed by atoms with van der Waals surface area (Å²) in [6.07, 6.45) is 8.00. The van der Waals surface area contributed by atoms with Crippen molar-refractivity contribution in [1.29, 1.82) is 0 Å². The van der Waals surface area contributed by atoms with Crippen molar-refractivity contribution in [3.05, 3.63) is 0 Å². The molecule has 4 rings (SSSR count). The van der Waals surface area contributed by atoms with Crippen LogP contribution in [0.2, 0.25) is 0 Å². The molecule has 5 heteroatoms. The molecule has 3 atom stereocenters. The molecule has 21 heavy (non-hydrogen) atoms. The Morgan fingerprint density at radius 3 is 2.29 bits per heavy atom. The topological polar surface area (TPSA) is 53.6 Å². The Morgan fingerprint density at radius 2 is 1.62 bits per heavy atom. The Hall–Kier alpha value is -0.810. The van der Waals surface area contributed by atoms with Crippen LogP contribution in [0, 0.1) is 11.8 Å². The standard InChI is InChI=1S/C16H27N3O2/c20-16(18-15-13-9-17-10-14(13)15)19-7-5-12(6-8-19)21-11-3-1-2-4-11/h11-15,17H,1-10H2,(H,18,20)/t13-,14+,15?. The predicted molar refractivity (Wildman–Crippen MR) is 80.1 cm³/mol. The highest BCUT2D eigenvalue weighted by molar-refractivity contribution is 5.75. The number of piperidine rings is 2. The molecule has 1 unspecified atom stereocenters. The van der Waals surface area contributed by atoms with E-state index in [9.17, 15) is 4.79 Å². The van der Waals surface area contributed by atoms with Crippen molar-refractivity contribution in [2.45, 2.75) is 56.8 Å². The number of urea groups is 1. The first-order valence-electron chi connectivity index (χ1n) is 8.73. The molecule has 2 saturated heterocycles. The molecular weight excluding hydrogens is 266 g/mol. The molecule has 0 aromatic rings. The molecule has 0 radical (unpaired) electrons. The monoisotopic (exact) mass is 293 g/mol. The smallest absolute Gasteiger partial charge is 0.317 e. The molecular formula is C16H27N3O2. The lowest BCUT2D eigenvalue weighted by atomic mass is 10.1. The lowest BCUT2D eigenvalue weighted by molar-refractivity contribution is -0.0339. The van der Waals surface area contributed by atoms with Crippen molar-refractivity contribution in [3.8, 4) is 0 Å². The van der Waals surface area contributed by atoms with Crippen molar-refractivity contribution >= 4 is 6.03 Å². The van der Waals surface area contributed by atoms with E-state index in [0.29, 0.717) is 30.1 Å². The van der Waals surface area contributed by atoms with E-state index in [1.165, 1.54) is 25.7 Å². The summed E-state index contributed by atoms with van der Waals surface area (Å²) >= 11 is 0. The summed E-state index contributed by atoms with van der Waals surface area (Å²) in [5.41, 5.74) is 0. The summed E-state index contributed by atoms with van der Waals surface area (Å²) in [5, 5.41) is 6.58. The van der Waals surface area contributed by atoms with Gasteiger partial charge in [0.2, 0.25) is 0 Å². The van der Waals surface area contributed by atoms with Crippen LogP contribution in [-0.4, -0.2) is 55.4 Å². The maximum atomic E-state index is 12.3. The first kappa shape index (κ1) is 13.8. The molecule has 2 aliphatic carbocycles. The SMILES string of the molecule is O=C(NC1[C@H]2CNC[C@@H]12)N1CCC(OC2CCCC2)CC1. The molecule has 5 nitrogen and oxygen atoms in total. The highest BCUT2D eigenvalue weighted by Gasteiger charge is 2.53.